The molecule has 0 aliphatic heterocycles. The van der Waals surface area contributed by atoms with E-state index >= 15 is 0 Å². The maximum Gasteiger partial charge on any atom is 0.275 e. The summed E-state index contributed by atoms with van der Waals surface area (Å²) in [4.78, 5) is 12.0. The number of carbonyl (C=O) groups is 1. The summed E-state index contributed by atoms with van der Waals surface area (Å²) in [5.41, 5.74) is 3.08. The first-order valence-corrected chi connectivity index (χ1v) is 7.58. The SMILES string of the molecule is CCOc1cc(/C=N\NC(=O)c2cc(Br)ccc2O)ccc1O. The Labute approximate surface area is 141 Å². The van der Waals surface area contributed by atoms with Gasteiger partial charge in [0.05, 0.1) is 18.4 Å². The highest BCUT2D eigenvalue weighted by Gasteiger charge is 2.10. The molecule has 0 saturated heterocycles. The Morgan fingerprint density at radius 2 is 2.00 bits per heavy atom. The van der Waals surface area contributed by atoms with E-state index in [9.17, 15) is 15.0 Å². The lowest BCUT2D eigenvalue weighted by atomic mass is 10.2. The number of nitrogens with one attached hydrogen (secondary N) is 1. The van der Waals surface area contributed by atoms with Gasteiger partial charge in [0.1, 0.15) is 5.75 Å². The summed E-state index contributed by atoms with van der Waals surface area (Å²) in [6, 6.07) is 9.25. The van der Waals surface area contributed by atoms with Crippen LogP contribution in [0.1, 0.15) is 22.8 Å². The minimum Gasteiger partial charge on any atom is -0.507 e. The van der Waals surface area contributed by atoms with Crippen LogP contribution in [0.25, 0.3) is 0 Å². The van der Waals surface area contributed by atoms with Gasteiger partial charge in [-0.25, -0.2) is 5.43 Å². The Kier molecular flexibility index (Phi) is 5.59. The van der Waals surface area contributed by atoms with Crippen LogP contribution in [0.3, 0.4) is 0 Å². The molecule has 2 aromatic rings. The first-order valence-electron chi connectivity index (χ1n) is 6.79. The minimum atomic E-state index is -0.538. The molecule has 23 heavy (non-hydrogen) atoms. The topological polar surface area (TPSA) is 91.2 Å². The van der Waals surface area contributed by atoms with E-state index in [2.05, 4.69) is 26.5 Å². The van der Waals surface area contributed by atoms with Crippen LogP contribution in [-0.4, -0.2) is 28.9 Å². The van der Waals surface area contributed by atoms with Crippen LogP contribution < -0.4 is 10.2 Å². The molecule has 3 N–H and O–H groups in total. The number of phenolic OH excluding ortho intramolecular Hbond substituents is 2. The predicted octanol–water partition coefficient (Wildman–Crippen LogP) is 3.02. The van der Waals surface area contributed by atoms with E-state index in [0.717, 1.165) is 0 Å². The van der Waals surface area contributed by atoms with Crippen molar-refractivity contribution in [1.29, 1.82) is 0 Å². The summed E-state index contributed by atoms with van der Waals surface area (Å²) in [7, 11) is 0. The molecule has 0 aliphatic rings. The van der Waals surface area contributed by atoms with Crippen molar-refractivity contribution < 1.29 is 19.7 Å². The van der Waals surface area contributed by atoms with Gasteiger partial charge in [-0.2, -0.15) is 5.10 Å². The highest BCUT2D eigenvalue weighted by atomic mass is 79.9. The molecule has 2 aromatic carbocycles. The number of ether oxygens (including phenoxy) is 1. The molecule has 0 spiro atoms. The highest BCUT2D eigenvalue weighted by Crippen LogP contribution is 2.26. The van der Waals surface area contributed by atoms with Gasteiger partial charge in [0.2, 0.25) is 0 Å². The monoisotopic (exact) mass is 378 g/mol. The number of hydrazone groups is 1. The number of amides is 1. The fourth-order valence-electron chi connectivity index (χ4n) is 1.80. The Balaban J connectivity index is 2.08. The summed E-state index contributed by atoms with van der Waals surface area (Å²) in [5.74, 6) is -0.299. The second kappa shape index (κ2) is 7.64. The molecule has 0 aromatic heterocycles. The van der Waals surface area contributed by atoms with Gasteiger partial charge in [-0.05, 0) is 48.9 Å². The lowest BCUT2D eigenvalue weighted by molar-refractivity contribution is 0.0952. The Morgan fingerprint density at radius 3 is 2.74 bits per heavy atom. The maximum atomic E-state index is 12.0. The average molecular weight is 379 g/mol. The summed E-state index contributed by atoms with van der Waals surface area (Å²) in [6.07, 6.45) is 1.41. The zero-order chi connectivity index (χ0) is 16.8. The van der Waals surface area contributed by atoms with Crippen LogP contribution in [0.2, 0.25) is 0 Å². The Morgan fingerprint density at radius 1 is 1.26 bits per heavy atom. The summed E-state index contributed by atoms with van der Waals surface area (Å²) in [5, 5.41) is 23.1. The molecular formula is C16H15BrN2O4. The molecule has 7 heteroatoms. The molecule has 120 valence electrons. The predicted molar refractivity (Wildman–Crippen MR) is 90.1 cm³/mol. The number of phenols is 2. The molecule has 0 atom stereocenters. The van der Waals surface area contributed by atoms with Gasteiger partial charge in [0.25, 0.3) is 5.91 Å². The second-order valence-corrected chi connectivity index (χ2v) is 5.44. The Bertz CT molecular complexity index is 747. The molecule has 0 heterocycles. The second-order valence-electron chi connectivity index (χ2n) is 4.52. The number of aromatic hydroxyl groups is 2. The fraction of sp³-hybridized carbons (Fsp3) is 0.125. The Hall–Kier alpha value is -2.54. The van der Waals surface area contributed by atoms with E-state index in [4.69, 9.17) is 4.74 Å². The molecule has 2 rings (SSSR count). The summed E-state index contributed by atoms with van der Waals surface area (Å²) in [6.45, 7) is 2.23. The molecule has 0 unspecified atom stereocenters. The summed E-state index contributed by atoms with van der Waals surface area (Å²) >= 11 is 3.23. The van der Waals surface area contributed by atoms with Gasteiger partial charge in [-0.3, -0.25) is 4.79 Å². The van der Waals surface area contributed by atoms with Crippen molar-refractivity contribution in [2.75, 3.05) is 6.61 Å². The van der Waals surface area contributed by atoms with Crippen LogP contribution in [0, 0.1) is 0 Å². The van der Waals surface area contributed by atoms with E-state index < -0.39 is 5.91 Å². The third-order valence-corrected chi connectivity index (χ3v) is 3.36. The minimum absolute atomic E-state index is 0.0343. The maximum absolute atomic E-state index is 12.0. The van der Waals surface area contributed by atoms with Crippen LogP contribution in [-0.2, 0) is 0 Å². The van der Waals surface area contributed by atoms with E-state index in [-0.39, 0.29) is 17.1 Å². The molecule has 0 aliphatic carbocycles. The lowest BCUT2D eigenvalue weighted by Gasteiger charge is -2.06. The number of hydrogen-bond donors (Lipinski definition) is 3. The molecule has 0 fully saturated rings. The van der Waals surface area contributed by atoms with Crippen molar-refractivity contribution in [2.45, 2.75) is 6.92 Å². The van der Waals surface area contributed by atoms with Gasteiger partial charge in [-0.15, -0.1) is 0 Å². The van der Waals surface area contributed by atoms with Gasteiger partial charge in [-0.1, -0.05) is 15.9 Å². The van der Waals surface area contributed by atoms with Gasteiger partial charge in [0.15, 0.2) is 11.5 Å². The van der Waals surface area contributed by atoms with Crippen LogP contribution in [0.4, 0.5) is 0 Å². The van der Waals surface area contributed by atoms with Crippen molar-refractivity contribution in [3.63, 3.8) is 0 Å². The van der Waals surface area contributed by atoms with Crippen LogP contribution in [0.5, 0.6) is 17.2 Å². The standard InChI is InChI=1S/C16H15BrN2O4/c1-2-23-15-7-10(3-5-14(15)21)9-18-19-16(22)12-8-11(17)4-6-13(12)20/h3-9,20-21H,2H2,1H3,(H,19,22)/b18-9-. The number of carbonyl (C=O) groups excluding carboxylic acids is 1. The number of benzene rings is 2. The molecular weight excluding hydrogens is 364 g/mol. The zero-order valence-electron chi connectivity index (χ0n) is 12.3. The first-order chi connectivity index (χ1) is 11.0. The van der Waals surface area contributed by atoms with Crippen molar-refractivity contribution in [3.8, 4) is 17.2 Å². The van der Waals surface area contributed by atoms with Crippen LogP contribution in [0.15, 0.2) is 46.0 Å². The number of hydrogen-bond acceptors (Lipinski definition) is 5. The largest absolute Gasteiger partial charge is 0.507 e. The third kappa shape index (κ3) is 4.46. The third-order valence-electron chi connectivity index (χ3n) is 2.87. The van der Waals surface area contributed by atoms with Gasteiger partial charge >= 0.3 is 0 Å². The number of halogens is 1. The zero-order valence-corrected chi connectivity index (χ0v) is 13.9. The van der Waals surface area contributed by atoms with Crippen molar-refractivity contribution in [2.24, 2.45) is 5.10 Å². The number of rotatable bonds is 5. The van der Waals surface area contributed by atoms with Crippen molar-refractivity contribution in [3.05, 3.63) is 52.0 Å². The normalized spacial score (nSPS) is 10.7. The fourth-order valence-corrected chi connectivity index (χ4v) is 2.16. The molecule has 0 saturated carbocycles. The quantitative estimate of drug-likeness (QED) is 0.550. The van der Waals surface area contributed by atoms with E-state index in [1.807, 2.05) is 6.92 Å². The van der Waals surface area contributed by atoms with Gasteiger partial charge in [0, 0.05) is 4.47 Å². The van der Waals surface area contributed by atoms with Gasteiger partial charge < -0.3 is 14.9 Å². The van der Waals surface area contributed by atoms with E-state index in [0.29, 0.717) is 22.4 Å². The smallest absolute Gasteiger partial charge is 0.275 e. The van der Waals surface area contributed by atoms with E-state index in [1.54, 1.807) is 18.2 Å². The van der Waals surface area contributed by atoms with Crippen molar-refractivity contribution in [1.82, 2.24) is 5.43 Å². The molecule has 0 radical (unpaired) electrons. The summed E-state index contributed by atoms with van der Waals surface area (Å²) < 4.78 is 5.94. The highest BCUT2D eigenvalue weighted by molar-refractivity contribution is 9.10. The van der Waals surface area contributed by atoms with Crippen LogP contribution >= 0.6 is 15.9 Å². The first kappa shape index (κ1) is 16.8. The molecule has 1 amide bonds. The lowest BCUT2D eigenvalue weighted by Crippen LogP contribution is -2.17. The van der Waals surface area contributed by atoms with Crippen molar-refractivity contribution >= 4 is 28.1 Å². The average Bonchev–Trinajstić information content (AvgIpc) is 2.53. The molecule has 6 nitrogen and oxygen atoms in total. The van der Waals surface area contributed by atoms with E-state index in [1.165, 1.54) is 24.4 Å². The molecule has 0 bridgehead atoms. The number of nitrogens with zero attached hydrogens (tertiary/aromatic N) is 1.